The number of para-hydroxylation sites is 1. The van der Waals surface area contributed by atoms with Gasteiger partial charge in [-0.15, -0.1) is 0 Å². The number of amides is 3. The summed E-state index contributed by atoms with van der Waals surface area (Å²) in [6.07, 6.45) is -1.29. The first-order valence-electron chi connectivity index (χ1n) is 12.4. The fourth-order valence-corrected chi connectivity index (χ4v) is 4.61. The van der Waals surface area contributed by atoms with Crippen LogP contribution in [0.25, 0.3) is 0 Å². The highest BCUT2D eigenvalue weighted by Gasteiger charge is 2.34. The quantitative estimate of drug-likeness (QED) is 0.302. The average molecular weight is 537 g/mol. The number of rotatable bonds is 6. The van der Waals surface area contributed by atoms with Crippen LogP contribution >= 0.6 is 11.6 Å². The molecule has 8 heteroatoms. The predicted molar refractivity (Wildman–Crippen MR) is 154 cm³/mol. The number of nitrogens with zero attached hydrogens (tertiary/aromatic N) is 2. The summed E-state index contributed by atoms with van der Waals surface area (Å²) < 4.78 is 0. The summed E-state index contributed by atoms with van der Waals surface area (Å²) in [5.74, 6) is -0.838. The van der Waals surface area contributed by atoms with Gasteiger partial charge >= 0.3 is 6.03 Å². The van der Waals surface area contributed by atoms with Crippen LogP contribution in [0.4, 0.5) is 16.2 Å². The zero-order valence-corrected chi connectivity index (χ0v) is 21.9. The van der Waals surface area contributed by atoms with Gasteiger partial charge in [-0.3, -0.25) is 9.59 Å². The molecule has 5 rings (SSSR count). The number of benzodiazepines with no additional fused rings is 1. The van der Waals surface area contributed by atoms with Crippen molar-refractivity contribution in [3.8, 4) is 0 Å². The molecular weight excluding hydrogens is 512 g/mol. The summed E-state index contributed by atoms with van der Waals surface area (Å²) >= 11 is 6.11. The molecule has 0 bridgehead atoms. The topological polar surface area (TPSA) is 90.9 Å². The Bertz CT molecular complexity index is 1590. The molecule has 7 nitrogen and oxygen atoms in total. The summed E-state index contributed by atoms with van der Waals surface area (Å²) in [7, 11) is 0. The lowest BCUT2D eigenvalue weighted by molar-refractivity contribution is -0.120. The third-order valence-electron chi connectivity index (χ3n) is 6.25. The molecule has 4 aromatic rings. The number of aryl methyl sites for hydroxylation is 1. The van der Waals surface area contributed by atoms with E-state index in [0.29, 0.717) is 33.2 Å². The van der Waals surface area contributed by atoms with E-state index in [1.165, 1.54) is 4.90 Å². The van der Waals surface area contributed by atoms with E-state index in [9.17, 15) is 14.4 Å². The maximum atomic E-state index is 14.0. The summed E-state index contributed by atoms with van der Waals surface area (Å²) in [5, 5.41) is 5.89. The molecule has 1 aliphatic rings. The molecule has 1 unspecified atom stereocenters. The van der Waals surface area contributed by atoms with Gasteiger partial charge in [0.25, 0.3) is 5.91 Å². The second-order valence-electron chi connectivity index (χ2n) is 9.09. The Balaban J connectivity index is 1.54. The maximum absolute atomic E-state index is 14.0. The van der Waals surface area contributed by atoms with Crippen LogP contribution in [0.3, 0.4) is 0 Å². The van der Waals surface area contributed by atoms with Gasteiger partial charge in [0.2, 0.25) is 6.17 Å². The molecule has 194 valence electrons. The second kappa shape index (κ2) is 11.3. The van der Waals surface area contributed by atoms with E-state index in [4.69, 9.17) is 16.6 Å². The van der Waals surface area contributed by atoms with Crippen molar-refractivity contribution < 1.29 is 14.4 Å². The fourth-order valence-electron chi connectivity index (χ4n) is 4.42. The molecule has 4 aromatic carbocycles. The first-order chi connectivity index (χ1) is 18.9. The van der Waals surface area contributed by atoms with E-state index in [-0.39, 0.29) is 12.3 Å². The number of carbonyl (C=O) groups excluding carboxylic acids is 3. The third-order valence-corrected chi connectivity index (χ3v) is 6.48. The van der Waals surface area contributed by atoms with Crippen molar-refractivity contribution in [1.82, 2.24) is 5.32 Å². The van der Waals surface area contributed by atoms with E-state index in [1.807, 2.05) is 67.6 Å². The molecule has 0 radical (unpaired) electrons. The van der Waals surface area contributed by atoms with Crippen LogP contribution in [0.2, 0.25) is 5.02 Å². The molecule has 1 heterocycles. The normalized spacial score (nSPS) is 14.6. The van der Waals surface area contributed by atoms with Gasteiger partial charge in [0.05, 0.1) is 17.9 Å². The smallest absolute Gasteiger partial charge is 0.308 e. The van der Waals surface area contributed by atoms with Gasteiger partial charge in [-0.2, -0.15) is 0 Å². The molecule has 39 heavy (non-hydrogen) atoms. The Morgan fingerprint density at radius 3 is 2.41 bits per heavy atom. The van der Waals surface area contributed by atoms with Crippen molar-refractivity contribution in [1.29, 1.82) is 0 Å². The highest BCUT2D eigenvalue weighted by Crippen LogP contribution is 2.29. The zero-order chi connectivity index (χ0) is 27.4. The minimum absolute atomic E-state index is 0.258. The highest BCUT2D eigenvalue weighted by molar-refractivity contribution is 6.31. The van der Waals surface area contributed by atoms with E-state index in [2.05, 4.69) is 10.6 Å². The van der Waals surface area contributed by atoms with Gasteiger partial charge in [-0.05, 0) is 42.8 Å². The van der Waals surface area contributed by atoms with Crippen LogP contribution in [0.15, 0.2) is 108 Å². The Hall–Kier alpha value is -4.75. The molecule has 0 fully saturated rings. The standard InChI is InChI=1S/C31H25ClN4O3/c1-20-9-7-14-24(17-20)33-31(39)35-29-30(38)36(19-27(37)22-12-8-13-23(32)18-22)26-16-6-5-15-25(26)28(34-29)21-10-3-2-4-11-21/h2-18,29H,19H2,1H3,(H2,33,35,39). The van der Waals surface area contributed by atoms with Crippen molar-refractivity contribution in [3.63, 3.8) is 0 Å². The molecule has 0 aromatic heterocycles. The van der Waals surface area contributed by atoms with Gasteiger partial charge < -0.3 is 15.5 Å². The molecule has 0 aliphatic carbocycles. The Labute approximate surface area is 231 Å². The van der Waals surface area contributed by atoms with E-state index in [0.717, 1.165) is 11.1 Å². The SMILES string of the molecule is Cc1cccc(NC(=O)NC2N=C(c3ccccc3)c3ccccc3N(CC(=O)c3cccc(Cl)c3)C2=O)c1. The number of urea groups is 1. The molecular formula is C31H25ClN4O3. The highest BCUT2D eigenvalue weighted by atomic mass is 35.5. The Morgan fingerprint density at radius 2 is 1.64 bits per heavy atom. The van der Waals surface area contributed by atoms with Crippen LogP contribution in [-0.2, 0) is 4.79 Å². The molecule has 0 saturated heterocycles. The number of hydrogen-bond acceptors (Lipinski definition) is 4. The lowest BCUT2D eigenvalue weighted by Gasteiger charge is -2.25. The van der Waals surface area contributed by atoms with Crippen LogP contribution in [0.1, 0.15) is 27.0 Å². The van der Waals surface area contributed by atoms with Crippen LogP contribution in [-0.4, -0.2) is 36.1 Å². The average Bonchev–Trinajstić information content (AvgIpc) is 3.04. The number of carbonyl (C=O) groups is 3. The first-order valence-corrected chi connectivity index (χ1v) is 12.7. The van der Waals surface area contributed by atoms with Crippen molar-refractivity contribution in [2.24, 2.45) is 4.99 Å². The zero-order valence-electron chi connectivity index (χ0n) is 21.1. The second-order valence-corrected chi connectivity index (χ2v) is 9.53. The van der Waals surface area contributed by atoms with Gasteiger partial charge in [0, 0.05) is 27.4 Å². The predicted octanol–water partition coefficient (Wildman–Crippen LogP) is 5.86. The molecule has 3 amide bonds. The Morgan fingerprint density at radius 1 is 0.897 bits per heavy atom. The summed E-state index contributed by atoms with van der Waals surface area (Å²) in [6, 6.07) is 30.0. The lowest BCUT2D eigenvalue weighted by atomic mass is 10.00. The molecule has 2 N–H and O–H groups in total. The van der Waals surface area contributed by atoms with Crippen molar-refractivity contribution in [3.05, 3.63) is 130 Å². The maximum Gasteiger partial charge on any atom is 0.321 e. The van der Waals surface area contributed by atoms with Gasteiger partial charge in [-0.25, -0.2) is 9.79 Å². The van der Waals surface area contributed by atoms with Gasteiger partial charge in [0.1, 0.15) is 0 Å². The number of Topliss-reactive ketones (excluding diaryl/α,β-unsaturated/α-hetero) is 1. The summed E-state index contributed by atoms with van der Waals surface area (Å²) in [4.78, 5) is 46.4. The van der Waals surface area contributed by atoms with Crippen molar-refractivity contribution in [2.75, 3.05) is 16.8 Å². The van der Waals surface area contributed by atoms with Crippen LogP contribution in [0, 0.1) is 6.92 Å². The van der Waals surface area contributed by atoms with Crippen LogP contribution < -0.4 is 15.5 Å². The molecule has 1 aliphatic heterocycles. The molecule has 0 saturated carbocycles. The van der Waals surface area contributed by atoms with Gasteiger partial charge in [0.15, 0.2) is 5.78 Å². The number of benzene rings is 4. The molecule has 1 atom stereocenters. The number of aliphatic imine (C=N–C) groups is 1. The molecule has 0 spiro atoms. The number of ketones is 1. The van der Waals surface area contributed by atoms with E-state index in [1.54, 1.807) is 42.5 Å². The monoisotopic (exact) mass is 536 g/mol. The van der Waals surface area contributed by atoms with Crippen molar-refractivity contribution >= 4 is 46.4 Å². The lowest BCUT2D eigenvalue weighted by Crippen LogP contribution is -2.49. The van der Waals surface area contributed by atoms with Gasteiger partial charge in [-0.1, -0.05) is 84.4 Å². The Kier molecular flexibility index (Phi) is 7.52. The van der Waals surface area contributed by atoms with E-state index < -0.39 is 18.1 Å². The number of fused-ring (bicyclic) bond motifs is 1. The largest absolute Gasteiger partial charge is 0.321 e. The first kappa shape index (κ1) is 25.9. The van der Waals surface area contributed by atoms with E-state index >= 15 is 0 Å². The summed E-state index contributed by atoms with van der Waals surface area (Å²) in [6.45, 7) is 1.66. The third kappa shape index (κ3) is 5.89. The number of nitrogens with one attached hydrogen (secondary N) is 2. The number of anilines is 2. The minimum atomic E-state index is -1.29. The number of hydrogen-bond donors (Lipinski definition) is 2. The van der Waals surface area contributed by atoms with Crippen LogP contribution in [0.5, 0.6) is 0 Å². The fraction of sp³-hybridized carbons (Fsp3) is 0.0968. The summed E-state index contributed by atoms with van der Waals surface area (Å²) in [5.41, 5.74) is 4.41. The van der Waals surface area contributed by atoms with Crippen molar-refractivity contribution in [2.45, 2.75) is 13.1 Å². The number of halogens is 1. The minimum Gasteiger partial charge on any atom is -0.308 e.